The van der Waals surface area contributed by atoms with E-state index in [4.69, 9.17) is 4.74 Å². The topological polar surface area (TPSA) is 61.9 Å². The Balaban J connectivity index is 1.33. The second kappa shape index (κ2) is 11.0. The second-order valence-corrected chi connectivity index (χ2v) is 8.65. The summed E-state index contributed by atoms with van der Waals surface area (Å²) in [4.78, 5) is 29.2. The van der Waals surface area contributed by atoms with Crippen LogP contribution in [0.4, 0.5) is 13.2 Å². The fraction of sp³-hybridized carbons (Fsp3) is 0.440. The van der Waals surface area contributed by atoms with Crippen LogP contribution >= 0.6 is 0 Å². The number of piperidine rings is 1. The van der Waals surface area contributed by atoms with Crippen LogP contribution in [0.25, 0.3) is 0 Å². The lowest BCUT2D eigenvalue weighted by Gasteiger charge is -2.36. The standard InChI is InChI=1S/C25H28F3N3O3/c26-19-3-1-17(2-4-19)23(30-11-13-34-14-12-30)16-29-24(32)18-7-9-31(10-8-18)25(33)21-6-5-20(27)15-22(21)28/h1-6,15,18,23H,7-14,16H2,(H,29,32). The third kappa shape index (κ3) is 5.77. The Morgan fingerprint density at radius 1 is 0.941 bits per heavy atom. The number of hydrogen-bond donors (Lipinski definition) is 1. The van der Waals surface area contributed by atoms with Crippen LogP contribution in [0.3, 0.4) is 0 Å². The summed E-state index contributed by atoms with van der Waals surface area (Å²) in [7, 11) is 0. The number of amides is 2. The predicted octanol–water partition coefficient (Wildman–Crippen LogP) is 3.15. The maximum absolute atomic E-state index is 14.0. The average molecular weight is 476 g/mol. The molecular formula is C25H28F3N3O3. The first-order valence-electron chi connectivity index (χ1n) is 11.5. The molecule has 9 heteroatoms. The number of nitrogens with one attached hydrogen (secondary N) is 1. The molecule has 182 valence electrons. The quantitative estimate of drug-likeness (QED) is 0.698. The molecule has 1 atom stereocenters. The number of benzene rings is 2. The van der Waals surface area contributed by atoms with Crippen LogP contribution in [0.2, 0.25) is 0 Å². The lowest BCUT2D eigenvalue weighted by Crippen LogP contribution is -2.46. The van der Waals surface area contributed by atoms with Gasteiger partial charge in [0.25, 0.3) is 5.91 Å². The Bertz CT molecular complexity index is 1000. The number of ether oxygens (including phenoxy) is 1. The van der Waals surface area contributed by atoms with Crippen molar-refractivity contribution in [3.8, 4) is 0 Å². The molecule has 0 spiro atoms. The van der Waals surface area contributed by atoms with Gasteiger partial charge in [0.1, 0.15) is 17.5 Å². The van der Waals surface area contributed by atoms with Gasteiger partial charge in [0.2, 0.25) is 5.91 Å². The van der Waals surface area contributed by atoms with Crippen molar-refractivity contribution in [1.82, 2.24) is 15.1 Å². The van der Waals surface area contributed by atoms with E-state index in [1.54, 1.807) is 12.1 Å². The van der Waals surface area contributed by atoms with Crippen molar-refractivity contribution in [2.75, 3.05) is 45.9 Å². The number of halogens is 3. The number of carbonyl (C=O) groups excluding carboxylic acids is 2. The molecule has 0 aromatic heterocycles. The summed E-state index contributed by atoms with van der Waals surface area (Å²) in [5, 5.41) is 3.03. The van der Waals surface area contributed by atoms with E-state index >= 15 is 0 Å². The number of nitrogens with zero attached hydrogens (tertiary/aromatic N) is 2. The van der Waals surface area contributed by atoms with Gasteiger partial charge in [-0.1, -0.05) is 12.1 Å². The fourth-order valence-electron chi connectivity index (χ4n) is 4.55. The van der Waals surface area contributed by atoms with E-state index in [1.165, 1.54) is 17.0 Å². The van der Waals surface area contributed by atoms with E-state index < -0.39 is 17.5 Å². The summed E-state index contributed by atoms with van der Waals surface area (Å²) >= 11 is 0. The van der Waals surface area contributed by atoms with Crippen LogP contribution in [0.1, 0.15) is 34.8 Å². The molecule has 0 radical (unpaired) electrons. The first-order chi connectivity index (χ1) is 16.4. The third-order valence-electron chi connectivity index (χ3n) is 6.53. The number of likely N-dealkylation sites (tertiary alicyclic amines) is 1. The van der Waals surface area contributed by atoms with Crippen LogP contribution in [0.15, 0.2) is 42.5 Å². The largest absolute Gasteiger partial charge is 0.379 e. The molecule has 2 aliphatic rings. The molecule has 2 aliphatic heterocycles. The van der Waals surface area contributed by atoms with Gasteiger partial charge in [0.15, 0.2) is 0 Å². The summed E-state index contributed by atoms with van der Waals surface area (Å²) in [6.07, 6.45) is 0.915. The van der Waals surface area contributed by atoms with Gasteiger partial charge in [-0.25, -0.2) is 13.2 Å². The highest BCUT2D eigenvalue weighted by molar-refractivity contribution is 5.94. The van der Waals surface area contributed by atoms with Crippen molar-refractivity contribution in [2.45, 2.75) is 18.9 Å². The maximum Gasteiger partial charge on any atom is 0.256 e. The number of carbonyl (C=O) groups is 2. The van der Waals surface area contributed by atoms with Gasteiger partial charge in [0.05, 0.1) is 24.8 Å². The highest BCUT2D eigenvalue weighted by Crippen LogP contribution is 2.24. The van der Waals surface area contributed by atoms with Crippen molar-refractivity contribution in [1.29, 1.82) is 0 Å². The molecule has 6 nitrogen and oxygen atoms in total. The summed E-state index contributed by atoms with van der Waals surface area (Å²) in [6, 6.07) is 9.11. The molecule has 2 saturated heterocycles. The van der Waals surface area contributed by atoms with Crippen LogP contribution in [-0.2, 0) is 9.53 Å². The summed E-state index contributed by atoms with van der Waals surface area (Å²) in [6.45, 7) is 3.66. The smallest absolute Gasteiger partial charge is 0.256 e. The molecule has 4 rings (SSSR count). The molecule has 2 aromatic carbocycles. The molecule has 0 aliphatic carbocycles. The van der Waals surface area contributed by atoms with E-state index in [0.29, 0.717) is 51.8 Å². The molecule has 2 amide bonds. The van der Waals surface area contributed by atoms with E-state index in [1.807, 2.05) is 0 Å². The number of rotatable bonds is 6. The van der Waals surface area contributed by atoms with Gasteiger partial charge >= 0.3 is 0 Å². The minimum atomic E-state index is -0.889. The van der Waals surface area contributed by atoms with Crippen molar-refractivity contribution in [2.24, 2.45) is 5.92 Å². The number of hydrogen-bond acceptors (Lipinski definition) is 4. The Labute approximate surface area is 196 Å². The highest BCUT2D eigenvalue weighted by atomic mass is 19.1. The summed E-state index contributed by atoms with van der Waals surface area (Å²) in [5.41, 5.74) is 0.752. The summed E-state index contributed by atoms with van der Waals surface area (Å²) < 4.78 is 46.0. The summed E-state index contributed by atoms with van der Waals surface area (Å²) in [5.74, 6) is -2.79. The number of morpholine rings is 1. The van der Waals surface area contributed by atoms with E-state index in [2.05, 4.69) is 10.2 Å². The zero-order valence-electron chi connectivity index (χ0n) is 18.8. The molecule has 34 heavy (non-hydrogen) atoms. The van der Waals surface area contributed by atoms with Crippen LogP contribution in [-0.4, -0.2) is 67.6 Å². The van der Waals surface area contributed by atoms with Gasteiger partial charge in [-0.2, -0.15) is 0 Å². The second-order valence-electron chi connectivity index (χ2n) is 8.65. The SMILES string of the molecule is O=C(NCC(c1ccc(F)cc1)N1CCOCC1)C1CCN(C(=O)c2ccc(F)cc2F)CC1. The van der Waals surface area contributed by atoms with Crippen molar-refractivity contribution >= 4 is 11.8 Å². The fourth-order valence-corrected chi connectivity index (χ4v) is 4.55. The van der Waals surface area contributed by atoms with Crippen LogP contribution in [0, 0.1) is 23.4 Å². The third-order valence-corrected chi connectivity index (χ3v) is 6.53. The van der Waals surface area contributed by atoms with E-state index in [-0.39, 0.29) is 29.2 Å². The van der Waals surface area contributed by atoms with Crippen LogP contribution in [0.5, 0.6) is 0 Å². The van der Waals surface area contributed by atoms with E-state index in [9.17, 15) is 22.8 Å². The molecule has 1 N–H and O–H groups in total. The lowest BCUT2D eigenvalue weighted by atomic mass is 9.95. The Hall–Kier alpha value is -2.91. The zero-order valence-corrected chi connectivity index (χ0v) is 18.8. The molecular weight excluding hydrogens is 447 g/mol. The minimum absolute atomic E-state index is 0.0968. The van der Waals surface area contributed by atoms with Gasteiger partial charge < -0.3 is 15.0 Å². The molecule has 2 fully saturated rings. The lowest BCUT2D eigenvalue weighted by molar-refractivity contribution is -0.126. The van der Waals surface area contributed by atoms with Gasteiger partial charge in [-0.3, -0.25) is 14.5 Å². The molecule has 0 saturated carbocycles. The Morgan fingerprint density at radius 3 is 2.24 bits per heavy atom. The Morgan fingerprint density at radius 2 is 1.59 bits per heavy atom. The van der Waals surface area contributed by atoms with Crippen molar-refractivity contribution in [3.63, 3.8) is 0 Å². The highest BCUT2D eigenvalue weighted by Gasteiger charge is 2.30. The van der Waals surface area contributed by atoms with E-state index in [0.717, 1.165) is 30.8 Å². The van der Waals surface area contributed by atoms with Gasteiger partial charge in [-0.15, -0.1) is 0 Å². The predicted molar refractivity (Wildman–Crippen MR) is 120 cm³/mol. The molecule has 2 aromatic rings. The molecule has 1 unspecified atom stereocenters. The molecule has 0 bridgehead atoms. The normalized spacial score (nSPS) is 18.5. The Kier molecular flexibility index (Phi) is 7.84. The first-order valence-corrected chi connectivity index (χ1v) is 11.5. The van der Waals surface area contributed by atoms with Crippen molar-refractivity contribution < 1.29 is 27.5 Å². The van der Waals surface area contributed by atoms with Gasteiger partial charge in [0, 0.05) is 44.7 Å². The maximum atomic E-state index is 14.0. The van der Waals surface area contributed by atoms with Crippen molar-refractivity contribution in [3.05, 3.63) is 71.0 Å². The minimum Gasteiger partial charge on any atom is -0.379 e. The van der Waals surface area contributed by atoms with Crippen LogP contribution < -0.4 is 5.32 Å². The zero-order chi connectivity index (χ0) is 24.1. The average Bonchev–Trinajstić information content (AvgIpc) is 2.85. The monoisotopic (exact) mass is 475 g/mol. The first kappa shape index (κ1) is 24.2. The van der Waals surface area contributed by atoms with Gasteiger partial charge in [-0.05, 0) is 42.7 Å². The molecule has 2 heterocycles.